The van der Waals surface area contributed by atoms with Gasteiger partial charge in [-0.15, -0.1) is 11.3 Å². The minimum atomic E-state index is -0.129. The van der Waals surface area contributed by atoms with E-state index in [4.69, 9.17) is 0 Å². The third kappa shape index (κ3) is 2.43. The fourth-order valence-corrected chi connectivity index (χ4v) is 4.66. The molecule has 2 aromatic carbocycles. The van der Waals surface area contributed by atoms with Gasteiger partial charge in [-0.1, -0.05) is 24.3 Å². The Labute approximate surface area is 158 Å². The minimum absolute atomic E-state index is 0.0453. The standard InChI is InChI=1S/C22H12O4S/c23-17-9-19(25)15-7-11(1-3-13(15)17)21-5-6-22(27-21)12-2-4-14-16(8-12)20(26)10-18(14)24/h1-8H,9-10H2. The van der Waals surface area contributed by atoms with Gasteiger partial charge in [0.1, 0.15) is 0 Å². The van der Waals surface area contributed by atoms with E-state index in [9.17, 15) is 19.2 Å². The molecule has 5 rings (SSSR count). The van der Waals surface area contributed by atoms with Crippen LogP contribution in [0.3, 0.4) is 0 Å². The summed E-state index contributed by atoms with van der Waals surface area (Å²) in [7, 11) is 0. The second-order valence-corrected chi connectivity index (χ2v) is 7.81. The van der Waals surface area contributed by atoms with Crippen LogP contribution in [-0.4, -0.2) is 23.1 Å². The van der Waals surface area contributed by atoms with E-state index in [1.54, 1.807) is 35.6 Å². The quantitative estimate of drug-likeness (QED) is 0.616. The van der Waals surface area contributed by atoms with Crippen LogP contribution >= 0.6 is 11.3 Å². The van der Waals surface area contributed by atoms with Crippen molar-refractivity contribution in [1.29, 1.82) is 0 Å². The van der Waals surface area contributed by atoms with Crippen LogP contribution in [0.15, 0.2) is 48.5 Å². The Morgan fingerprint density at radius 3 is 1.37 bits per heavy atom. The summed E-state index contributed by atoms with van der Waals surface area (Å²) in [5.41, 5.74) is 3.77. The van der Waals surface area contributed by atoms with E-state index in [0.29, 0.717) is 22.3 Å². The molecule has 2 aliphatic rings. The lowest BCUT2D eigenvalue weighted by molar-refractivity contribution is 0.0906. The van der Waals surface area contributed by atoms with Gasteiger partial charge in [-0.25, -0.2) is 0 Å². The number of thiophene rings is 1. The predicted octanol–water partition coefficient (Wildman–Crippen LogP) is 4.62. The van der Waals surface area contributed by atoms with Crippen LogP contribution < -0.4 is 0 Å². The van der Waals surface area contributed by atoms with Crippen LogP contribution in [0, 0.1) is 0 Å². The lowest BCUT2D eigenvalue weighted by atomic mass is 10.0. The van der Waals surface area contributed by atoms with Crippen molar-refractivity contribution >= 4 is 34.5 Å². The molecule has 0 N–H and O–H groups in total. The molecule has 0 spiro atoms. The van der Waals surface area contributed by atoms with Crippen molar-refractivity contribution in [1.82, 2.24) is 0 Å². The maximum absolute atomic E-state index is 12.0. The fraction of sp³-hybridized carbons (Fsp3) is 0.0909. The van der Waals surface area contributed by atoms with Crippen molar-refractivity contribution < 1.29 is 19.2 Å². The number of ketones is 4. The summed E-state index contributed by atoms with van der Waals surface area (Å²) in [4.78, 5) is 49.5. The van der Waals surface area contributed by atoms with E-state index >= 15 is 0 Å². The molecular formula is C22H12O4S. The van der Waals surface area contributed by atoms with Crippen LogP contribution in [0.2, 0.25) is 0 Å². The Balaban J connectivity index is 1.53. The van der Waals surface area contributed by atoms with Gasteiger partial charge in [-0.2, -0.15) is 0 Å². The smallest absolute Gasteiger partial charge is 0.171 e. The molecule has 27 heavy (non-hydrogen) atoms. The number of hydrogen-bond donors (Lipinski definition) is 0. The summed E-state index contributed by atoms with van der Waals surface area (Å²) in [5.74, 6) is -0.498. The van der Waals surface area contributed by atoms with Gasteiger partial charge < -0.3 is 0 Å². The molecular weight excluding hydrogens is 360 g/mol. The minimum Gasteiger partial charge on any atom is -0.294 e. The highest BCUT2D eigenvalue weighted by molar-refractivity contribution is 7.18. The van der Waals surface area contributed by atoms with Gasteiger partial charge in [0.25, 0.3) is 0 Å². The monoisotopic (exact) mass is 372 g/mol. The number of carbonyl (C=O) groups excluding carboxylic acids is 4. The molecule has 0 aliphatic heterocycles. The molecule has 1 heterocycles. The zero-order valence-corrected chi connectivity index (χ0v) is 14.9. The van der Waals surface area contributed by atoms with Gasteiger partial charge in [0.2, 0.25) is 0 Å². The van der Waals surface area contributed by atoms with E-state index in [1.165, 1.54) is 0 Å². The number of Topliss-reactive ketones (excluding diaryl/α,β-unsaturated/α-hetero) is 4. The molecule has 0 fully saturated rings. The summed E-state index contributed by atoms with van der Waals surface area (Å²) in [6, 6.07) is 14.6. The molecule has 130 valence electrons. The number of fused-ring (bicyclic) bond motifs is 2. The summed E-state index contributed by atoms with van der Waals surface area (Å²) >= 11 is 1.54. The maximum atomic E-state index is 12.0. The molecule has 3 aromatic rings. The molecule has 0 radical (unpaired) electrons. The van der Waals surface area contributed by atoms with E-state index < -0.39 is 0 Å². The normalized spacial score (nSPS) is 15.4. The second kappa shape index (κ2) is 5.66. The van der Waals surface area contributed by atoms with Crippen molar-refractivity contribution in [2.75, 3.05) is 0 Å². The molecule has 0 atom stereocenters. The molecule has 5 heteroatoms. The van der Waals surface area contributed by atoms with E-state index in [2.05, 4.69) is 0 Å². The highest BCUT2D eigenvalue weighted by atomic mass is 32.1. The van der Waals surface area contributed by atoms with E-state index in [1.807, 2.05) is 24.3 Å². The van der Waals surface area contributed by atoms with Crippen LogP contribution in [0.5, 0.6) is 0 Å². The van der Waals surface area contributed by atoms with Crippen LogP contribution in [-0.2, 0) is 0 Å². The topological polar surface area (TPSA) is 68.3 Å². The maximum Gasteiger partial charge on any atom is 0.171 e. The summed E-state index contributed by atoms with van der Waals surface area (Å²) in [6.45, 7) is 0. The Hall–Kier alpha value is -3.18. The van der Waals surface area contributed by atoms with E-state index in [0.717, 1.165) is 20.9 Å². The number of rotatable bonds is 2. The molecule has 0 bridgehead atoms. The van der Waals surface area contributed by atoms with Crippen LogP contribution in [0.25, 0.3) is 20.9 Å². The highest BCUT2D eigenvalue weighted by Gasteiger charge is 2.28. The first-order valence-electron chi connectivity index (χ1n) is 8.53. The lowest BCUT2D eigenvalue weighted by Crippen LogP contribution is -1.91. The molecule has 1 aromatic heterocycles. The Morgan fingerprint density at radius 1 is 0.519 bits per heavy atom. The van der Waals surface area contributed by atoms with Gasteiger partial charge in [-0.05, 0) is 35.4 Å². The van der Waals surface area contributed by atoms with Gasteiger partial charge in [0.15, 0.2) is 23.1 Å². The number of hydrogen-bond acceptors (Lipinski definition) is 5. The Bertz CT molecular complexity index is 1110. The van der Waals surface area contributed by atoms with Gasteiger partial charge in [0.05, 0.1) is 12.8 Å². The number of benzene rings is 2. The zero-order valence-electron chi connectivity index (χ0n) is 14.1. The largest absolute Gasteiger partial charge is 0.294 e. The summed E-state index contributed by atoms with van der Waals surface area (Å²) < 4.78 is 0. The second-order valence-electron chi connectivity index (χ2n) is 6.73. The lowest BCUT2D eigenvalue weighted by Gasteiger charge is -2.02. The molecule has 2 aliphatic carbocycles. The first kappa shape index (κ1) is 16.0. The SMILES string of the molecule is O=C1CC(=O)c2cc(-c3ccc(-c4ccc5c(c4)C(=O)CC5=O)s3)ccc21. The predicted molar refractivity (Wildman–Crippen MR) is 102 cm³/mol. The Morgan fingerprint density at radius 2 is 0.926 bits per heavy atom. The zero-order chi connectivity index (χ0) is 18.7. The molecule has 0 saturated carbocycles. The van der Waals surface area contributed by atoms with Gasteiger partial charge in [-0.3, -0.25) is 19.2 Å². The summed E-state index contributed by atoms with van der Waals surface area (Å²) in [6.07, 6.45) is -0.0906. The molecule has 0 unspecified atom stereocenters. The van der Waals surface area contributed by atoms with Crippen molar-refractivity contribution in [3.8, 4) is 20.9 Å². The van der Waals surface area contributed by atoms with Crippen LogP contribution in [0.4, 0.5) is 0 Å². The van der Waals surface area contributed by atoms with Crippen molar-refractivity contribution in [2.45, 2.75) is 12.8 Å². The highest BCUT2D eigenvalue weighted by Crippen LogP contribution is 2.37. The average Bonchev–Trinajstić information content (AvgIpc) is 3.33. The first-order valence-corrected chi connectivity index (χ1v) is 9.34. The third-order valence-corrected chi connectivity index (χ3v) is 6.24. The van der Waals surface area contributed by atoms with E-state index in [-0.39, 0.29) is 36.0 Å². The average molecular weight is 372 g/mol. The van der Waals surface area contributed by atoms with Crippen molar-refractivity contribution in [3.63, 3.8) is 0 Å². The van der Waals surface area contributed by atoms with Crippen LogP contribution in [0.1, 0.15) is 54.3 Å². The summed E-state index contributed by atoms with van der Waals surface area (Å²) in [5, 5.41) is 0. The van der Waals surface area contributed by atoms with Gasteiger partial charge in [0, 0.05) is 32.0 Å². The molecule has 0 saturated heterocycles. The van der Waals surface area contributed by atoms with Crippen molar-refractivity contribution in [2.24, 2.45) is 0 Å². The number of carbonyl (C=O) groups is 4. The van der Waals surface area contributed by atoms with Gasteiger partial charge >= 0.3 is 0 Å². The Kier molecular flexibility index (Phi) is 3.36. The van der Waals surface area contributed by atoms with Crippen molar-refractivity contribution in [3.05, 3.63) is 70.8 Å². The third-order valence-electron chi connectivity index (χ3n) is 5.06. The fourth-order valence-electron chi connectivity index (χ4n) is 3.66. The first-order chi connectivity index (χ1) is 13.0. The molecule has 4 nitrogen and oxygen atoms in total. The molecule has 0 amide bonds.